The van der Waals surface area contributed by atoms with E-state index < -0.39 is 5.41 Å². The van der Waals surface area contributed by atoms with Crippen LogP contribution < -0.4 is 11.1 Å². The number of hydrogen-bond donors (Lipinski definition) is 2. The number of hydrogen-bond acceptors (Lipinski definition) is 2. The lowest BCUT2D eigenvalue weighted by atomic mass is 9.81. The van der Waals surface area contributed by atoms with E-state index in [4.69, 9.17) is 5.73 Å². The third-order valence-electron chi connectivity index (χ3n) is 4.15. The van der Waals surface area contributed by atoms with E-state index in [2.05, 4.69) is 36.5 Å². The highest BCUT2D eigenvalue weighted by Crippen LogP contribution is 2.26. The van der Waals surface area contributed by atoms with Crippen LogP contribution in [-0.4, -0.2) is 12.5 Å². The fraction of sp³-hybridized carbons (Fsp3) is 0.562. The molecule has 0 unspecified atom stereocenters. The first-order valence-electron chi connectivity index (χ1n) is 7.06. The van der Waals surface area contributed by atoms with E-state index in [0.29, 0.717) is 6.54 Å². The molecule has 1 atom stereocenters. The first kappa shape index (κ1) is 15.7. The minimum Gasteiger partial charge on any atom is -0.349 e. The topological polar surface area (TPSA) is 55.1 Å². The molecule has 0 aliphatic carbocycles. The van der Waals surface area contributed by atoms with Gasteiger partial charge in [0.1, 0.15) is 0 Å². The quantitative estimate of drug-likeness (QED) is 0.828. The molecule has 0 radical (unpaired) electrons. The fourth-order valence-corrected chi connectivity index (χ4v) is 2.24. The van der Waals surface area contributed by atoms with Crippen LogP contribution in [0.15, 0.2) is 24.3 Å². The summed E-state index contributed by atoms with van der Waals surface area (Å²) in [5, 5.41) is 3.09. The average Bonchev–Trinajstić information content (AvgIpc) is 2.42. The summed E-state index contributed by atoms with van der Waals surface area (Å²) in [6.45, 7) is 8.50. The molecule has 1 aromatic rings. The lowest BCUT2D eigenvalue weighted by Gasteiger charge is -2.30. The molecule has 1 aromatic carbocycles. The molecule has 0 aromatic heterocycles. The van der Waals surface area contributed by atoms with Crippen molar-refractivity contribution in [3.63, 3.8) is 0 Å². The lowest BCUT2D eigenvalue weighted by molar-refractivity contribution is -0.131. The first-order valence-corrected chi connectivity index (χ1v) is 7.06. The van der Waals surface area contributed by atoms with Crippen molar-refractivity contribution in [3.05, 3.63) is 35.4 Å². The zero-order valence-electron chi connectivity index (χ0n) is 12.5. The van der Waals surface area contributed by atoms with Crippen molar-refractivity contribution in [1.82, 2.24) is 5.32 Å². The van der Waals surface area contributed by atoms with E-state index in [1.807, 2.05) is 20.8 Å². The Labute approximate surface area is 116 Å². The number of nitrogens with two attached hydrogens (primary N) is 1. The van der Waals surface area contributed by atoms with Crippen LogP contribution >= 0.6 is 0 Å². The van der Waals surface area contributed by atoms with Crippen molar-refractivity contribution in [2.24, 2.45) is 11.1 Å². The van der Waals surface area contributed by atoms with Gasteiger partial charge in [-0.3, -0.25) is 4.79 Å². The Bertz CT molecular complexity index is 399. The van der Waals surface area contributed by atoms with Gasteiger partial charge in [-0.1, -0.05) is 43.7 Å². The molecule has 0 saturated heterocycles. The second kappa shape index (κ2) is 6.71. The van der Waals surface area contributed by atoms with Crippen LogP contribution in [0.4, 0.5) is 0 Å². The Balaban J connectivity index is 2.78. The molecule has 0 heterocycles. The smallest absolute Gasteiger partial charge is 0.227 e. The van der Waals surface area contributed by atoms with Gasteiger partial charge in [-0.2, -0.15) is 0 Å². The maximum atomic E-state index is 12.4. The van der Waals surface area contributed by atoms with Gasteiger partial charge in [-0.05, 0) is 32.3 Å². The largest absolute Gasteiger partial charge is 0.349 e. The van der Waals surface area contributed by atoms with Crippen molar-refractivity contribution in [3.8, 4) is 0 Å². The standard InChI is InChI=1S/C16H26N2O/c1-5-16(6-2,11-17)15(19)18-13(4)14-9-7-12(3)8-10-14/h7-10,13H,5-6,11,17H2,1-4H3,(H,18,19)/t13-/m1/s1. The molecule has 0 spiro atoms. The van der Waals surface area contributed by atoms with Gasteiger partial charge in [0, 0.05) is 6.54 Å². The molecule has 0 aliphatic rings. The lowest BCUT2D eigenvalue weighted by Crippen LogP contribution is -2.46. The van der Waals surface area contributed by atoms with Gasteiger partial charge in [0.25, 0.3) is 0 Å². The summed E-state index contributed by atoms with van der Waals surface area (Å²) in [7, 11) is 0. The van der Waals surface area contributed by atoms with Gasteiger partial charge in [0.15, 0.2) is 0 Å². The van der Waals surface area contributed by atoms with Crippen LogP contribution in [0.1, 0.15) is 50.8 Å². The Kier molecular flexibility index (Phi) is 5.55. The Morgan fingerprint density at radius 2 is 1.79 bits per heavy atom. The van der Waals surface area contributed by atoms with Gasteiger partial charge in [0.2, 0.25) is 5.91 Å². The van der Waals surface area contributed by atoms with E-state index >= 15 is 0 Å². The minimum atomic E-state index is -0.432. The van der Waals surface area contributed by atoms with E-state index in [0.717, 1.165) is 18.4 Å². The second-order valence-corrected chi connectivity index (χ2v) is 5.30. The molecule has 1 rings (SSSR count). The summed E-state index contributed by atoms with van der Waals surface area (Å²) in [5.74, 6) is 0.0630. The third-order valence-corrected chi connectivity index (χ3v) is 4.15. The second-order valence-electron chi connectivity index (χ2n) is 5.30. The number of amides is 1. The maximum absolute atomic E-state index is 12.4. The molecular formula is C16H26N2O. The average molecular weight is 262 g/mol. The number of carbonyl (C=O) groups excluding carboxylic acids is 1. The Morgan fingerprint density at radius 1 is 1.26 bits per heavy atom. The zero-order chi connectivity index (χ0) is 14.5. The maximum Gasteiger partial charge on any atom is 0.227 e. The number of rotatable bonds is 6. The van der Waals surface area contributed by atoms with Gasteiger partial charge in [-0.25, -0.2) is 0 Å². The van der Waals surface area contributed by atoms with Gasteiger partial charge in [-0.15, -0.1) is 0 Å². The Hall–Kier alpha value is -1.35. The van der Waals surface area contributed by atoms with E-state index in [9.17, 15) is 4.79 Å². The summed E-state index contributed by atoms with van der Waals surface area (Å²) in [6, 6.07) is 8.25. The van der Waals surface area contributed by atoms with Gasteiger partial charge >= 0.3 is 0 Å². The summed E-state index contributed by atoms with van der Waals surface area (Å²) < 4.78 is 0. The highest BCUT2D eigenvalue weighted by Gasteiger charge is 2.33. The van der Waals surface area contributed by atoms with Crippen molar-refractivity contribution in [1.29, 1.82) is 0 Å². The molecule has 1 amide bonds. The van der Waals surface area contributed by atoms with Crippen LogP contribution in [0.5, 0.6) is 0 Å². The number of carbonyl (C=O) groups is 1. The molecule has 0 fully saturated rings. The summed E-state index contributed by atoms with van der Waals surface area (Å²) in [4.78, 5) is 12.4. The predicted octanol–water partition coefficient (Wildman–Crippen LogP) is 2.94. The molecule has 3 heteroatoms. The molecule has 3 nitrogen and oxygen atoms in total. The predicted molar refractivity (Wildman–Crippen MR) is 79.8 cm³/mol. The van der Waals surface area contributed by atoms with Crippen LogP contribution in [0.3, 0.4) is 0 Å². The highest BCUT2D eigenvalue weighted by atomic mass is 16.2. The van der Waals surface area contributed by atoms with E-state index in [1.165, 1.54) is 5.56 Å². The van der Waals surface area contributed by atoms with Gasteiger partial charge in [0.05, 0.1) is 11.5 Å². The van der Waals surface area contributed by atoms with E-state index in [-0.39, 0.29) is 11.9 Å². The molecule has 0 bridgehead atoms. The zero-order valence-corrected chi connectivity index (χ0v) is 12.5. The summed E-state index contributed by atoms with van der Waals surface area (Å²) >= 11 is 0. The van der Waals surface area contributed by atoms with Gasteiger partial charge < -0.3 is 11.1 Å². The van der Waals surface area contributed by atoms with Crippen molar-refractivity contribution in [2.45, 2.75) is 46.6 Å². The summed E-state index contributed by atoms with van der Waals surface area (Å²) in [6.07, 6.45) is 1.54. The number of benzene rings is 1. The van der Waals surface area contributed by atoms with E-state index in [1.54, 1.807) is 0 Å². The highest BCUT2D eigenvalue weighted by molar-refractivity contribution is 5.83. The number of nitrogens with one attached hydrogen (secondary N) is 1. The molecule has 0 saturated carbocycles. The van der Waals surface area contributed by atoms with Crippen molar-refractivity contribution >= 4 is 5.91 Å². The fourth-order valence-electron chi connectivity index (χ4n) is 2.24. The van der Waals surface area contributed by atoms with Crippen molar-refractivity contribution < 1.29 is 4.79 Å². The minimum absolute atomic E-state index is 0.0112. The first-order chi connectivity index (χ1) is 8.99. The molecule has 3 N–H and O–H groups in total. The molecular weight excluding hydrogens is 236 g/mol. The SMILES string of the molecule is CCC(CC)(CN)C(=O)N[C@H](C)c1ccc(C)cc1. The van der Waals surface area contributed by atoms with Crippen LogP contribution in [0.25, 0.3) is 0 Å². The monoisotopic (exact) mass is 262 g/mol. The summed E-state index contributed by atoms with van der Waals surface area (Å²) in [5.41, 5.74) is 7.72. The van der Waals surface area contributed by atoms with Crippen LogP contribution in [-0.2, 0) is 4.79 Å². The number of aryl methyl sites for hydroxylation is 1. The Morgan fingerprint density at radius 3 is 2.21 bits per heavy atom. The molecule has 19 heavy (non-hydrogen) atoms. The third kappa shape index (κ3) is 3.57. The molecule has 0 aliphatic heterocycles. The van der Waals surface area contributed by atoms with Crippen molar-refractivity contribution in [2.75, 3.05) is 6.54 Å². The van der Waals surface area contributed by atoms with Crippen LogP contribution in [0.2, 0.25) is 0 Å². The van der Waals surface area contributed by atoms with Crippen LogP contribution in [0, 0.1) is 12.3 Å². The molecule has 106 valence electrons. The normalized spacial score (nSPS) is 13.1.